The zero-order valence-electron chi connectivity index (χ0n) is 30.9. The number of hydrogen-bond acceptors (Lipinski definition) is 6. The molecular weight excluding hydrogens is 633 g/mol. The third-order valence-corrected chi connectivity index (χ3v) is 21.0. The topological polar surface area (TPSA) is 86.7 Å². The molecule has 6 atom stereocenters. The lowest BCUT2D eigenvalue weighted by Crippen LogP contribution is -2.42. The molecule has 0 radical (unpaired) electrons. The van der Waals surface area contributed by atoms with Crippen LogP contribution in [0.25, 0.3) is 0 Å². The molecule has 2 saturated carbocycles. The first kappa shape index (κ1) is 35.7. The Labute approximate surface area is 291 Å². The Morgan fingerprint density at radius 2 is 0.958 bits per heavy atom. The van der Waals surface area contributed by atoms with Crippen molar-refractivity contribution < 1.29 is 28.7 Å². The highest BCUT2D eigenvalue weighted by Crippen LogP contribution is 2.62. The molecule has 2 saturated heterocycles. The van der Waals surface area contributed by atoms with Gasteiger partial charge < -0.3 is 9.47 Å². The molecule has 264 valence electrons. The fourth-order valence-corrected chi connectivity index (χ4v) is 16.1. The predicted octanol–water partition coefficient (Wildman–Crippen LogP) is 9.14. The van der Waals surface area contributed by atoms with E-state index in [9.17, 15) is 19.2 Å². The van der Waals surface area contributed by atoms with Crippen LogP contribution in [-0.4, -0.2) is 40.0 Å². The van der Waals surface area contributed by atoms with Crippen molar-refractivity contribution in [3.63, 3.8) is 0 Å². The van der Waals surface area contributed by atoms with Crippen molar-refractivity contribution in [3.05, 3.63) is 35.5 Å². The van der Waals surface area contributed by atoms with Gasteiger partial charge in [-0.25, -0.2) is 9.59 Å². The SMILES string of the molecule is CC(C)C1(C2=CC3CC2CC3C(=O)OC(=O)/C=C\C(=O)OC(=O)C2CC3CC2C=C3C2(C(C)C)CC[Si](C)(C)CC2)CC[Si](C)(C)CC1. The summed E-state index contributed by atoms with van der Waals surface area (Å²) in [5.41, 5.74) is 3.62. The van der Waals surface area contributed by atoms with E-state index in [0.717, 1.165) is 37.8 Å². The second-order valence-electron chi connectivity index (χ2n) is 18.9. The van der Waals surface area contributed by atoms with Gasteiger partial charge in [0.1, 0.15) is 0 Å². The predicted molar refractivity (Wildman–Crippen MR) is 194 cm³/mol. The molecule has 0 aromatic heterocycles. The Morgan fingerprint density at radius 3 is 1.23 bits per heavy atom. The molecule has 4 aliphatic carbocycles. The van der Waals surface area contributed by atoms with Crippen LogP contribution in [0, 0.1) is 58.2 Å². The zero-order chi connectivity index (χ0) is 34.8. The van der Waals surface area contributed by atoms with Crippen LogP contribution in [0.1, 0.15) is 79.1 Å². The first-order valence-corrected chi connectivity index (χ1v) is 25.9. The largest absolute Gasteiger partial charge is 0.390 e. The van der Waals surface area contributed by atoms with Gasteiger partial charge >= 0.3 is 23.9 Å². The molecule has 4 fully saturated rings. The van der Waals surface area contributed by atoms with Crippen LogP contribution < -0.4 is 0 Å². The third-order valence-electron chi connectivity index (χ3n) is 14.6. The number of ether oxygens (including phenoxy) is 2. The second kappa shape index (κ2) is 12.9. The van der Waals surface area contributed by atoms with E-state index in [1.54, 1.807) is 11.1 Å². The molecule has 48 heavy (non-hydrogen) atoms. The van der Waals surface area contributed by atoms with Crippen LogP contribution in [-0.2, 0) is 28.7 Å². The lowest BCUT2D eigenvalue weighted by atomic mass is 9.63. The second-order valence-corrected chi connectivity index (χ2v) is 29.5. The molecule has 6 aliphatic rings. The molecule has 0 spiro atoms. The van der Waals surface area contributed by atoms with Crippen molar-refractivity contribution >= 4 is 40.0 Å². The number of hydrogen-bond donors (Lipinski definition) is 0. The maximum Gasteiger partial charge on any atom is 0.338 e. The van der Waals surface area contributed by atoms with Crippen molar-refractivity contribution in [2.75, 3.05) is 0 Å². The summed E-state index contributed by atoms with van der Waals surface area (Å²) in [7, 11) is -2.20. The highest BCUT2D eigenvalue weighted by atomic mass is 28.3. The molecule has 6 unspecified atom stereocenters. The first-order valence-electron chi connectivity index (χ1n) is 19.1. The van der Waals surface area contributed by atoms with Gasteiger partial charge in [-0.2, -0.15) is 0 Å². The van der Waals surface area contributed by atoms with Crippen molar-refractivity contribution in [2.24, 2.45) is 58.2 Å². The minimum atomic E-state index is -1.10. The maximum atomic E-state index is 13.1. The van der Waals surface area contributed by atoms with Crippen molar-refractivity contribution in [2.45, 2.75) is 129 Å². The standard InChI is InChI=1S/C40H60O6Si2/c1-25(2)39(11-15-47(5,6)16-12-39)33-23-27-19-29(33)21-31(27)37(43)45-35(41)9-10-36(42)46-38(44)32-22-30-20-28(32)24-34(30)40(26(3)4)13-17-48(7,8)18-14-40/h9-10,23-32H,11-22H2,1-8H3/b10-9-. The average Bonchev–Trinajstić information content (AvgIpc) is 3.81. The number of fused-ring (bicyclic) bond motifs is 4. The van der Waals surface area contributed by atoms with Gasteiger partial charge in [0.15, 0.2) is 0 Å². The Balaban J connectivity index is 0.996. The van der Waals surface area contributed by atoms with E-state index in [-0.39, 0.29) is 34.5 Å². The van der Waals surface area contributed by atoms with Gasteiger partial charge in [-0.15, -0.1) is 0 Å². The van der Waals surface area contributed by atoms with Crippen LogP contribution in [0.4, 0.5) is 0 Å². The monoisotopic (exact) mass is 692 g/mol. The summed E-state index contributed by atoms with van der Waals surface area (Å²) < 4.78 is 10.4. The molecule has 2 heterocycles. The Morgan fingerprint density at radius 1 is 0.625 bits per heavy atom. The van der Waals surface area contributed by atoms with Crippen molar-refractivity contribution in [3.8, 4) is 0 Å². The van der Waals surface area contributed by atoms with Gasteiger partial charge in [-0.05, 0) is 97.7 Å². The molecular formula is C40H60O6Si2. The van der Waals surface area contributed by atoms with Crippen LogP contribution in [0.15, 0.2) is 35.5 Å². The van der Waals surface area contributed by atoms with Gasteiger partial charge in [-0.3, -0.25) is 9.59 Å². The number of allylic oxidation sites excluding steroid dienone is 4. The smallest absolute Gasteiger partial charge is 0.338 e. The molecule has 0 aromatic rings. The van der Waals surface area contributed by atoms with E-state index in [4.69, 9.17) is 9.47 Å². The molecule has 8 heteroatoms. The van der Waals surface area contributed by atoms with E-state index in [0.29, 0.717) is 23.7 Å². The molecule has 0 N–H and O–H groups in total. The lowest BCUT2D eigenvalue weighted by molar-refractivity contribution is -0.162. The summed E-state index contributed by atoms with van der Waals surface area (Å²) >= 11 is 0. The summed E-state index contributed by atoms with van der Waals surface area (Å²) in [5, 5.41) is 0. The Hall–Kier alpha value is -2.07. The van der Waals surface area contributed by atoms with Crippen LogP contribution >= 0.6 is 0 Å². The van der Waals surface area contributed by atoms with Crippen LogP contribution in [0.3, 0.4) is 0 Å². The molecule has 6 rings (SSSR count). The Kier molecular flexibility index (Phi) is 9.62. The lowest BCUT2D eigenvalue weighted by Gasteiger charge is -2.49. The minimum absolute atomic E-state index is 0.109. The molecule has 4 bridgehead atoms. The van der Waals surface area contributed by atoms with Crippen molar-refractivity contribution in [1.82, 2.24) is 0 Å². The van der Waals surface area contributed by atoms with E-state index >= 15 is 0 Å². The number of esters is 4. The van der Waals surface area contributed by atoms with E-state index in [1.807, 2.05) is 0 Å². The third kappa shape index (κ3) is 6.58. The van der Waals surface area contributed by atoms with E-state index in [1.165, 1.54) is 49.9 Å². The van der Waals surface area contributed by atoms with Crippen LogP contribution in [0.5, 0.6) is 0 Å². The van der Waals surface area contributed by atoms with Gasteiger partial charge in [-0.1, -0.05) is 101 Å². The highest BCUT2D eigenvalue weighted by Gasteiger charge is 2.54. The first-order chi connectivity index (χ1) is 22.5. The van der Waals surface area contributed by atoms with Gasteiger partial charge in [0.2, 0.25) is 0 Å². The molecule has 6 nitrogen and oxygen atoms in total. The van der Waals surface area contributed by atoms with Gasteiger partial charge in [0, 0.05) is 28.3 Å². The van der Waals surface area contributed by atoms with Crippen molar-refractivity contribution in [1.29, 1.82) is 0 Å². The van der Waals surface area contributed by atoms with Crippen LogP contribution in [0.2, 0.25) is 50.4 Å². The van der Waals surface area contributed by atoms with Gasteiger partial charge in [0.05, 0.1) is 11.8 Å². The maximum absolute atomic E-state index is 13.1. The van der Waals surface area contributed by atoms with Gasteiger partial charge in [0.25, 0.3) is 0 Å². The van der Waals surface area contributed by atoms with E-state index < -0.39 is 40.0 Å². The summed E-state index contributed by atoms with van der Waals surface area (Å²) in [5.74, 6) is -1.32. The molecule has 2 aliphatic heterocycles. The fourth-order valence-electron chi connectivity index (χ4n) is 11.1. The molecule has 0 aromatic carbocycles. The quantitative estimate of drug-likeness (QED) is 0.0829. The zero-order valence-corrected chi connectivity index (χ0v) is 32.9. The number of carbonyl (C=O) groups is 4. The number of rotatable bonds is 8. The molecule has 0 amide bonds. The summed E-state index contributed by atoms with van der Waals surface area (Å²) in [6.07, 6.45) is 15.0. The summed E-state index contributed by atoms with van der Waals surface area (Å²) in [4.78, 5) is 51.2. The summed E-state index contributed by atoms with van der Waals surface area (Å²) in [6.45, 7) is 19.5. The Bertz CT molecular complexity index is 1310. The minimum Gasteiger partial charge on any atom is -0.390 e. The normalized spacial score (nSPS) is 34.0. The highest BCUT2D eigenvalue weighted by molar-refractivity contribution is 6.78. The summed E-state index contributed by atoms with van der Waals surface area (Å²) in [6, 6.07) is 5.44. The average molecular weight is 693 g/mol. The fraction of sp³-hybridized carbons (Fsp3) is 0.750. The number of carbonyl (C=O) groups excluding carboxylic acids is 4. The van der Waals surface area contributed by atoms with E-state index in [2.05, 4.69) is 66.0 Å².